The summed E-state index contributed by atoms with van der Waals surface area (Å²) in [5.74, 6) is 0.919. The van der Waals surface area contributed by atoms with Crippen molar-refractivity contribution in [3.05, 3.63) is 71.5 Å². The van der Waals surface area contributed by atoms with Crippen LogP contribution in [0.1, 0.15) is 59.3 Å². The van der Waals surface area contributed by atoms with Crippen LogP contribution < -0.4 is 5.73 Å². The van der Waals surface area contributed by atoms with Gasteiger partial charge in [-0.3, -0.25) is 4.79 Å². The summed E-state index contributed by atoms with van der Waals surface area (Å²) in [6, 6.07) is 18.0. The van der Waals surface area contributed by atoms with Crippen LogP contribution in [-0.4, -0.2) is 15.7 Å². The second-order valence-electron chi connectivity index (χ2n) is 7.41. The van der Waals surface area contributed by atoms with E-state index in [2.05, 4.69) is 22.9 Å². The Labute approximate surface area is 152 Å². The molecule has 4 nitrogen and oxygen atoms in total. The van der Waals surface area contributed by atoms with Gasteiger partial charge in [0.05, 0.1) is 11.4 Å². The number of amides is 1. The van der Waals surface area contributed by atoms with E-state index in [1.54, 1.807) is 6.07 Å². The largest absolute Gasteiger partial charge is 0.366 e. The molecular weight excluding hydrogens is 322 g/mol. The number of rotatable bonds is 5. The zero-order valence-electron chi connectivity index (χ0n) is 14.6. The number of aromatic nitrogens is 2. The Morgan fingerprint density at radius 1 is 0.962 bits per heavy atom. The van der Waals surface area contributed by atoms with Crippen molar-refractivity contribution in [2.24, 2.45) is 5.73 Å². The van der Waals surface area contributed by atoms with Crippen LogP contribution in [0.5, 0.6) is 0 Å². The number of hydrogen-bond acceptors (Lipinski definition) is 2. The van der Waals surface area contributed by atoms with Crippen LogP contribution in [0.2, 0.25) is 0 Å². The third kappa shape index (κ3) is 2.71. The predicted molar refractivity (Wildman–Crippen MR) is 101 cm³/mol. The highest BCUT2D eigenvalue weighted by molar-refractivity contribution is 5.99. The zero-order valence-corrected chi connectivity index (χ0v) is 14.6. The monoisotopic (exact) mass is 343 g/mol. The van der Waals surface area contributed by atoms with Crippen molar-refractivity contribution >= 4 is 5.91 Å². The van der Waals surface area contributed by atoms with Crippen LogP contribution in [-0.2, 0) is 0 Å². The summed E-state index contributed by atoms with van der Waals surface area (Å²) in [5, 5.41) is 4.89. The van der Waals surface area contributed by atoms with Gasteiger partial charge in [-0.15, -0.1) is 0 Å². The Hall–Kier alpha value is -2.88. The number of hydrogen-bond donors (Lipinski definition) is 1. The third-order valence-corrected chi connectivity index (χ3v) is 5.36. The van der Waals surface area contributed by atoms with Gasteiger partial charge in [0.1, 0.15) is 0 Å². The van der Waals surface area contributed by atoms with Crippen LogP contribution in [0, 0.1) is 0 Å². The molecule has 0 spiro atoms. The number of nitrogens with two attached hydrogens (primary N) is 1. The molecule has 1 aromatic heterocycles. The molecule has 2 fully saturated rings. The van der Waals surface area contributed by atoms with Gasteiger partial charge in [0.25, 0.3) is 0 Å². The SMILES string of the molecule is NC(=O)c1ccccc1-c1ccc(-n2nc(C3CC3)cc2C2CC2)cc1. The molecule has 1 amide bonds. The van der Waals surface area contributed by atoms with Crippen LogP contribution in [0.4, 0.5) is 0 Å². The lowest BCUT2D eigenvalue weighted by Gasteiger charge is -2.10. The van der Waals surface area contributed by atoms with Crippen LogP contribution >= 0.6 is 0 Å². The van der Waals surface area contributed by atoms with Crippen molar-refractivity contribution in [1.29, 1.82) is 0 Å². The Balaban J connectivity index is 1.52. The smallest absolute Gasteiger partial charge is 0.249 e. The lowest BCUT2D eigenvalue weighted by Crippen LogP contribution is -2.12. The van der Waals surface area contributed by atoms with Gasteiger partial charge in [-0.25, -0.2) is 4.68 Å². The molecule has 2 aliphatic carbocycles. The van der Waals surface area contributed by atoms with E-state index >= 15 is 0 Å². The molecular formula is C22H21N3O. The van der Waals surface area contributed by atoms with Gasteiger partial charge < -0.3 is 5.73 Å². The number of benzene rings is 2. The highest BCUT2D eigenvalue weighted by Crippen LogP contribution is 2.45. The first-order valence-corrected chi connectivity index (χ1v) is 9.30. The van der Waals surface area contributed by atoms with E-state index in [0.29, 0.717) is 17.4 Å². The summed E-state index contributed by atoms with van der Waals surface area (Å²) in [7, 11) is 0. The minimum absolute atomic E-state index is 0.401. The summed E-state index contributed by atoms with van der Waals surface area (Å²) in [5.41, 5.74) is 11.6. The summed E-state index contributed by atoms with van der Waals surface area (Å²) >= 11 is 0. The normalized spacial score (nSPS) is 16.6. The van der Waals surface area contributed by atoms with Crippen molar-refractivity contribution in [3.63, 3.8) is 0 Å². The lowest BCUT2D eigenvalue weighted by atomic mass is 9.99. The Bertz CT molecular complexity index is 979. The van der Waals surface area contributed by atoms with Gasteiger partial charge in [0.15, 0.2) is 0 Å². The molecule has 1 heterocycles. The summed E-state index contributed by atoms with van der Waals surface area (Å²) in [4.78, 5) is 11.7. The molecule has 0 radical (unpaired) electrons. The first kappa shape index (κ1) is 15.4. The van der Waals surface area contributed by atoms with Crippen LogP contribution in [0.15, 0.2) is 54.6 Å². The minimum atomic E-state index is -0.401. The molecule has 2 saturated carbocycles. The van der Waals surface area contributed by atoms with E-state index in [4.69, 9.17) is 10.8 Å². The number of primary amides is 1. The Morgan fingerprint density at radius 2 is 1.65 bits per heavy atom. The highest BCUT2D eigenvalue weighted by atomic mass is 16.1. The van der Waals surface area contributed by atoms with Gasteiger partial charge in [-0.1, -0.05) is 30.3 Å². The van der Waals surface area contributed by atoms with E-state index in [1.807, 2.05) is 30.3 Å². The molecule has 0 unspecified atom stereocenters. The third-order valence-electron chi connectivity index (χ3n) is 5.36. The van der Waals surface area contributed by atoms with E-state index in [1.165, 1.54) is 37.1 Å². The summed E-state index contributed by atoms with van der Waals surface area (Å²) < 4.78 is 2.12. The second kappa shape index (κ2) is 5.84. The fourth-order valence-electron chi connectivity index (χ4n) is 3.60. The molecule has 2 aromatic carbocycles. The number of carbonyl (C=O) groups excluding carboxylic acids is 1. The van der Waals surface area contributed by atoms with Crippen molar-refractivity contribution in [3.8, 4) is 16.8 Å². The first-order valence-electron chi connectivity index (χ1n) is 9.30. The van der Waals surface area contributed by atoms with E-state index in [0.717, 1.165) is 16.8 Å². The average Bonchev–Trinajstić information content (AvgIpc) is 3.60. The molecule has 0 bridgehead atoms. The molecule has 0 aliphatic heterocycles. The lowest BCUT2D eigenvalue weighted by molar-refractivity contribution is 0.100. The van der Waals surface area contributed by atoms with Gasteiger partial charge >= 0.3 is 0 Å². The van der Waals surface area contributed by atoms with Crippen LogP contribution in [0.3, 0.4) is 0 Å². The molecule has 0 saturated heterocycles. The van der Waals surface area contributed by atoms with Crippen molar-refractivity contribution in [2.75, 3.05) is 0 Å². The first-order chi connectivity index (χ1) is 12.7. The fraction of sp³-hybridized carbons (Fsp3) is 0.273. The summed E-state index contributed by atoms with van der Waals surface area (Å²) in [6.07, 6.45) is 5.06. The highest BCUT2D eigenvalue weighted by Gasteiger charge is 2.32. The Kier molecular flexibility index (Phi) is 3.45. The van der Waals surface area contributed by atoms with Gasteiger partial charge in [-0.05, 0) is 61.1 Å². The van der Waals surface area contributed by atoms with Gasteiger partial charge in [-0.2, -0.15) is 5.10 Å². The molecule has 2 aliphatic rings. The number of nitrogens with zero attached hydrogens (tertiary/aromatic N) is 2. The van der Waals surface area contributed by atoms with Crippen molar-refractivity contribution in [2.45, 2.75) is 37.5 Å². The quantitative estimate of drug-likeness (QED) is 0.747. The molecule has 5 rings (SSSR count). The zero-order chi connectivity index (χ0) is 17.7. The maximum Gasteiger partial charge on any atom is 0.249 e. The molecule has 4 heteroatoms. The van der Waals surface area contributed by atoms with E-state index in [-0.39, 0.29) is 0 Å². The van der Waals surface area contributed by atoms with E-state index in [9.17, 15) is 4.79 Å². The fourth-order valence-corrected chi connectivity index (χ4v) is 3.60. The van der Waals surface area contributed by atoms with Crippen molar-refractivity contribution < 1.29 is 4.79 Å². The number of carbonyl (C=O) groups is 1. The maximum absolute atomic E-state index is 11.7. The minimum Gasteiger partial charge on any atom is -0.366 e. The summed E-state index contributed by atoms with van der Waals surface area (Å²) in [6.45, 7) is 0. The molecule has 26 heavy (non-hydrogen) atoms. The molecule has 0 atom stereocenters. The maximum atomic E-state index is 11.7. The molecule has 2 N–H and O–H groups in total. The second-order valence-corrected chi connectivity index (χ2v) is 7.41. The van der Waals surface area contributed by atoms with Crippen molar-refractivity contribution in [1.82, 2.24) is 9.78 Å². The standard InChI is InChI=1S/C22H21N3O/c23-22(26)19-4-2-1-3-18(19)14-9-11-17(12-10-14)25-21(16-7-8-16)13-20(24-25)15-5-6-15/h1-4,9-13,15-16H,5-8H2,(H2,23,26). The average molecular weight is 343 g/mol. The molecule has 3 aromatic rings. The Morgan fingerprint density at radius 3 is 2.31 bits per heavy atom. The van der Waals surface area contributed by atoms with E-state index < -0.39 is 5.91 Å². The molecule has 130 valence electrons. The van der Waals surface area contributed by atoms with Gasteiger partial charge in [0.2, 0.25) is 5.91 Å². The predicted octanol–water partition coefficient (Wildman–Crippen LogP) is 4.39. The van der Waals surface area contributed by atoms with Gasteiger partial charge in [0, 0.05) is 23.1 Å². The van der Waals surface area contributed by atoms with Crippen LogP contribution in [0.25, 0.3) is 16.8 Å². The topological polar surface area (TPSA) is 60.9 Å².